The number of nitrogens with one attached hydrogen (secondary N) is 1. The van der Waals surface area contributed by atoms with Crippen LogP contribution < -0.4 is 0 Å². The number of benzene rings is 1. The molecule has 39 heavy (non-hydrogen) atoms. The number of carbonyl (C=O) groups is 4. The fourth-order valence-corrected chi connectivity index (χ4v) is 4.87. The van der Waals surface area contributed by atoms with E-state index < -0.39 is 48.3 Å². The van der Waals surface area contributed by atoms with Crippen LogP contribution in [0, 0.1) is 0 Å². The predicted molar refractivity (Wildman–Crippen MR) is 145 cm³/mol. The maximum absolute atomic E-state index is 13.0. The van der Waals surface area contributed by atoms with E-state index in [-0.39, 0.29) is 25.7 Å². The minimum Gasteiger partial charge on any atom is -0.458 e. The van der Waals surface area contributed by atoms with Gasteiger partial charge in [0.1, 0.15) is 12.2 Å². The van der Waals surface area contributed by atoms with Crippen LogP contribution in [0.3, 0.4) is 0 Å². The van der Waals surface area contributed by atoms with Gasteiger partial charge in [0, 0.05) is 42.8 Å². The Morgan fingerprint density at radius 2 is 1.21 bits per heavy atom. The van der Waals surface area contributed by atoms with Crippen LogP contribution in [0.2, 0.25) is 0 Å². The molecule has 0 spiro atoms. The molecule has 0 bridgehead atoms. The van der Waals surface area contributed by atoms with Crippen molar-refractivity contribution < 1.29 is 38.1 Å². The fourth-order valence-electron chi connectivity index (χ4n) is 4.87. The van der Waals surface area contributed by atoms with Crippen molar-refractivity contribution in [2.75, 3.05) is 0 Å². The summed E-state index contributed by atoms with van der Waals surface area (Å²) in [6.07, 6.45) is 2.29. The van der Waals surface area contributed by atoms with Crippen molar-refractivity contribution in [1.82, 2.24) is 4.98 Å². The molecule has 0 amide bonds. The minimum atomic E-state index is -1.08. The van der Waals surface area contributed by atoms with E-state index in [1.165, 1.54) is 0 Å². The topological polar surface area (TPSA) is 121 Å². The second-order valence-electron chi connectivity index (χ2n) is 10.0. The monoisotopic (exact) mass is 543 g/mol. The quantitative estimate of drug-likeness (QED) is 0.204. The van der Waals surface area contributed by atoms with Crippen molar-refractivity contribution in [1.29, 1.82) is 0 Å². The molecule has 9 heteroatoms. The van der Waals surface area contributed by atoms with Crippen molar-refractivity contribution in [2.24, 2.45) is 0 Å². The summed E-state index contributed by atoms with van der Waals surface area (Å²) in [6.45, 7) is 5.57. The third kappa shape index (κ3) is 8.83. The van der Waals surface area contributed by atoms with Crippen molar-refractivity contribution in [3.05, 3.63) is 36.0 Å². The number of aromatic amines is 1. The highest BCUT2D eigenvalue weighted by Gasteiger charge is 2.46. The highest BCUT2D eigenvalue weighted by Crippen LogP contribution is 2.30. The first-order valence-electron chi connectivity index (χ1n) is 14.2. The minimum absolute atomic E-state index is 0.128. The van der Waals surface area contributed by atoms with Gasteiger partial charge in [-0.3, -0.25) is 19.2 Å². The standard InChI is InChI=1S/C30H41NO8/c1-4-10-25(32)36-23-15-9-16-24(30(39-27(34)12-6-3)29(23)38-26(33)11-5-2)37-28(35)18-17-20-19-31-22-14-8-7-13-21(20)22/h7-8,13-14,19,23-24,29-31H,4-6,9-12,15-18H2,1-3H3/t23-,24+,29+,30+/m1/s1. The molecular formula is C30H41NO8. The highest BCUT2D eigenvalue weighted by molar-refractivity contribution is 5.83. The average molecular weight is 544 g/mol. The summed E-state index contributed by atoms with van der Waals surface area (Å²) in [7, 11) is 0. The molecule has 214 valence electrons. The number of aromatic nitrogens is 1. The molecule has 0 aliphatic heterocycles. The normalized spacial score (nSPS) is 21.1. The van der Waals surface area contributed by atoms with Gasteiger partial charge in [-0.05, 0) is 56.6 Å². The van der Waals surface area contributed by atoms with E-state index in [9.17, 15) is 19.2 Å². The molecule has 2 aromatic rings. The van der Waals surface area contributed by atoms with E-state index in [0.717, 1.165) is 16.5 Å². The molecule has 1 aliphatic rings. The molecule has 0 unspecified atom stereocenters. The Balaban J connectivity index is 1.80. The van der Waals surface area contributed by atoms with Crippen molar-refractivity contribution >= 4 is 34.8 Å². The van der Waals surface area contributed by atoms with E-state index in [4.69, 9.17) is 18.9 Å². The lowest BCUT2D eigenvalue weighted by molar-refractivity contribution is -0.198. The summed E-state index contributed by atoms with van der Waals surface area (Å²) < 4.78 is 23.2. The van der Waals surface area contributed by atoms with E-state index >= 15 is 0 Å². The predicted octanol–water partition coefficient (Wildman–Crippen LogP) is 5.33. The molecule has 1 heterocycles. The van der Waals surface area contributed by atoms with Crippen LogP contribution in [-0.4, -0.2) is 53.3 Å². The first kappa shape index (κ1) is 30.2. The maximum Gasteiger partial charge on any atom is 0.306 e. The molecule has 1 fully saturated rings. The van der Waals surface area contributed by atoms with E-state index in [1.54, 1.807) is 0 Å². The molecule has 4 atom stereocenters. The molecule has 0 radical (unpaired) electrons. The first-order valence-corrected chi connectivity index (χ1v) is 14.2. The van der Waals surface area contributed by atoms with Gasteiger partial charge in [0.25, 0.3) is 0 Å². The van der Waals surface area contributed by atoms with Crippen LogP contribution in [0.25, 0.3) is 10.9 Å². The van der Waals surface area contributed by atoms with Gasteiger partial charge in [-0.25, -0.2) is 0 Å². The molecule has 0 saturated heterocycles. The molecule has 1 aromatic carbocycles. The Morgan fingerprint density at radius 3 is 1.74 bits per heavy atom. The molecule has 3 rings (SSSR count). The third-order valence-electron chi connectivity index (χ3n) is 6.77. The molecule has 1 saturated carbocycles. The van der Waals surface area contributed by atoms with Gasteiger partial charge in [-0.1, -0.05) is 39.0 Å². The lowest BCUT2D eigenvalue weighted by Gasteiger charge is -2.33. The summed E-state index contributed by atoms with van der Waals surface area (Å²) >= 11 is 0. The molecular weight excluding hydrogens is 502 g/mol. The largest absolute Gasteiger partial charge is 0.458 e. The smallest absolute Gasteiger partial charge is 0.306 e. The first-order chi connectivity index (χ1) is 18.9. The zero-order valence-electron chi connectivity index (χ0n) is 23.2. The van der Waals surface area contributed by atoms with Crippen LogP contribution in [0.15, 0.2) is 30.5 Å². The lowest BCUT2D eigenvalue weighted by Crippen LogP contribution is -2.50. The van der Waals surface area contributed by atoms with E-state index in [1.807, 2.05) is 51.2 Å². The number of rotatable bonds is 13. The summed E-state index contributed by atoms with van der Waals surface area (Å²) in [5.41, 5.74) is 2.00. The summed E-state index contributed by atoms with van der Waals surface area (Å²) in [5, 5.41) is 1.05. The Bertz CT molecular complexity index is 1110. The van der Waals surface area contributed by atoms with Crippen LogP contribution >= 0.6 is 0 Å². The van der Waals surface area contributed by atoms with Gasteiger partial charge < -0.3 is 23.9 Å². The van der Waals surface area contributed by atoms with Gasteiger partial charge >= 0.3 is 23.9 Å². The molecule has 1 aliphatic carbocycles. The Labute approximate surface area is 229 Å². The number of hydrogen-bond donors (Lipinski definition) is 1. The number of fused-ring (bicyclic) bond motifs is 1. The second kappa shape index (κ2) is 15.3. The fraction of sp³-hybridized carbons (Fsp3) is 0.600. The van der Waals surface area contributed by atoms with E-state index in [0.29, 0.717) is 44.9 Å². The summed E-state index contributed by atoms with van der Waals surface area (Å²) in [4.78, 5) is 53.9. The highest BCUT2D eigenvalue weighted by atomic mass is 16.6. The van der Waals surface area contributed by atoms with Crippen molar-refractivity contribution in [2.45, 2.75) is 116 Å². The zero-order valence-corrected chi connectivity index (χ0v) is 23.2. The molecule has 1 N–H and O–H groups in total. The lowest BCUT2D eigenvalue weighted by atomic mass is 10.0. The number of hydrogen-bond acceptors (Lipinski definition) is 8. The van der Waals surface area contributed by atoms with E-state index in [2.05, 4.69) is 4.98 Å². The Kier molecular flexibility index (Phi) is 11.8. The summed E-state index contributed by atoms with van der Waals surface area (Å²) in [6, 6.07) is 7.86. The maximum atomic E-state index is 13.0. The number of ether oxygens (including phenoxy) is 4. The van der Waals surface area contributed by atoms with Gasteiger partial charge in [0.05, 0.1) is 0 Å². The number of aryl methyl sites for hydroxylation is 1. The average Bonchev–Trinajstić information content (AvgIpc) is 3.25. The third-order valence-corrected chi connectivity index (χ3v) is 6.77. The number of carbonyl (C=O) groups excluding carboxylic acids is 4. The summed E-state index contributed by atoms with van der Waals surface area (Å²) in [5.74, 6) is -1.82. The van der Waals surface area contributed by atoms with Gasteiger partial charge in [-0.2, -0.15) is 0 Å². The van der Waals surface area contributed by atoms with Crippen molar-refractivity contribution in [3.63, 3.8) is 0 Å². The zero-order chi connectivity index (χ0) is 28.2. The van der Waals surface area contributed by atoms with Crippen LogP contribution in [0.5, 0.6) is 0 Å². The Morgan fingerprint density at radius 1 is 0.718 bits per heavy atom. The van der Waals surface area contributed by atoms with Gasteiger partial charge in [0.15, 0.2) is 12.2 Å². The number of esters is 4. The number of H-pyrrole nitrogens is 1. The van der Waals surface area contributed by atoms with Crippen LogP contribution in [0.1, 0.15) is 90.5 Å². The van der Waals surface area contributed by atoms with Crippen molar-refractivity contribution in [3.8, 4) is 0 Å². The SMILES string of the molecule is CCCC(=O)O[C@@H]1[C@@H](OC(=O)CCC)[C@H](OC(=O)CCC)CCC[C@@H]1OC(=O)CCc1c[nH]c2ccccc12. The van der Waals surface area contributed by atoms with Crippen LogP contribution in [-0.2, 0) is 44.5 Å². The second-order valence-corrected chi connectivity index (χ2v) is 10.0. The van der Waals surface area contributed by atoms with Crippen LogP contribution in [0.4, 0.5) is 0 Å². The molecule has 9 nitrogen and oxygen atoms in total. The van der Waals surface area contributed by atoms with Gasteiger partial charge in [0.2, 0.25) is 0 Å². The Hall–Kier alpha value is -3.36. The molecule has 1 aromatic heterocycles. The number of para-hydroxylation sites is 1. The van der Waals surface area contributed by atoms with Gasteiger partial charge in [-0.15, -0.1) is 0 Å².